The number of amides is 1. The fraction of sp³-hybridized carbons (Fsp3) is 0.526. The molecule has 7 nitrogen and oxygen atoms in total. The average molecular weight is 363 g/mol. The molecule has 0 aromatic heterocycles. The highest BCUT2D eigenvalue weighted by molar-refractivity contribution is 5.98. The Labute approximate surface area is 152 Å². The summed E-state index contributed by atoms with van der Waals surface area (Å²) in [6, 6.07) is 8.26. The predicted molar refractivity (Wildman–Crippen MR) is 93.5 cm³/mol. The van der Waals surface area contributed by atoms with Gasteiger partial charge in [0.2, 0.25) is 0 Å². The molecule has 0 unspecified atom stereocenters. The summed E-state index contributed by atoms with van der Waals surface area (Å²) in [5, 5.41) is 20.2. The molecule has 1 fully saturated rings. The highest BCUT2D eigenvalue weighted by Gasteiger charge is 2.58. The Morgan fingerprint density at radius 2 is 1.81 bits per heavy atom. The second-order valence-corrected chi connectivity index (χ2v) is 7.70. The minimum atomic E-state index is -1.72. The second-order valence-electron chi connectivity index (χ2n) is 7.70. The Morgan fingerprint density at radius 1 is 1.23 bits per heavy atom. The number of β-amino-alcohol motifs (C(OH)–C–C–N with tert-alkyl or cyclic N) is 1. The van der Waals surface area contributed by atoms with Crippen LogP contribution < -0.4 is 0 Å². The molecule has 0 radical (unpaired) electrons. The lowest BCUT2D eigenvalue weighted by atomic mass is 9.82. The van der Waals surface area contributed by atoms with Crippen molar-refractivity contribution < 1.29 is 29.3 Å². The number of carbonyl (C=O) groups excluding carboxylic acids is 2. The summed E-state index contributed by atoms with van der Waals surface area (Å²) in [6.45, 7) is 6.32. The Bertz CT molecular complexity index is 696. The lowest BCUT2D eigenvalue weighted by Crippen LogP contribution is -2.55. The predicted octanol–water partition coefficient (Wildman–Crippen LogP) is 1.69. The number of carboxylic acid groups (broad SMARTS) is 1. The van der Waals surface area contributed by atoms with Crippen molar-refractivity contribution in [3.8, 4) is 0 Å². The summed E-state index contributed by atoms with van der Waals surface area (Å²) >= 11 is 0. The standard InChI is InChI=1S/C19H25NO6/c1-18(2,3)26-15(22)10-13-14(21)11-20(19(13,4)17(24)25)16(23)12-8-6-5-7-9-12/h5-9,13-14,21H,10-11H2,1-4H3,(H,24,25)/t13-,14-,19-/m0/s1. The van der Waals surface area contributed by atoms with Gasteiger partial charge in [-0.05, 0) is 39.8 Å². The van der Waals surface area contributed by atoms with Crippen LogP contribution in [-0.4, -0.2) is 56.7 Å². The molecule has 0 spiro atoms. The summed E-state index contributed by atoms with van der Waals surface area (Å²) in [6.07, 6.45) is -1.43. The van der Waals surface area contributed by atoms with Crippen LogP contribution >= 0.6 is 0 Å². The molecule has 0 saturated carbocycles. The number of aliphatic hydroxyl groups is 1. The largest absolute Gasteiger partial charge is 0.479 e. The Hall–Kier alpha value is -2.41. The number of ether oxygens (including phenoxy) is 1. The van der Waals surface area contributed by atoms with Gasteiger partial charge in [-0.3, -0.25) is 9.59 Å². The highest BCUT2D eigenvalue weighted by atomic mass is 16.6. The minimum Gasteiger partial charge on any atom is -0.479 e. The average Bonchev–Trinajstić information content (AvgIpc) is 2.79. The molecule has 1 saturated heterocycles. The van der Waals surface area contributed by atoms with E-state index in [4.69, 9.17) is 4.74 Å². The van der Waals surface area contributed by atoms with Crippen LogP contribution in [0, 0.1) is 5.92 Å². The van der Waals surface area contributed by atoms with Gasteiger partial charge in [0.15, 0.2) is 0 Å². The molecule has 1 aliphatic heterocycles. The molecule has 1 heterocycles. The zero-order valence-corrected chi connectivity index (χ0v) is 15.4. The maximum Gasteiger partial charge on any atom is 0.329 e. The number of carboxylic acids is 1. The van der Waals surface area contributed by atoms with E-state index in [9.17, 15) is 24.6 Å². The van der Waals surface area contributed by atoms with Gasteiger partial charge in [-0.25, -0.2) is 4.79 Å². The van der Waals surface area contributed by atoms with Gasteiger partial charge in [-0.15, -0.1) is 0 Å². The van der Waals surface area contributed by atoms with Gasteiger partial charge >= 0.3 is 11.9 Å². The summed E-state index contributed by atoms with van der Waals surface area (Å²) in [5.74, 6) is -3.35. The number of aliphatic hydroxyl groups excluding tert-OH is 1. The van der Waals surface area contributed by atoms with Gasteiger partial charge in [0.25, 0.3) is 5.91 Å². The third kappa shape index (κ3) is 3.88. The second kappa shape index (κ2) is 7.07. The molecule has 2 N–H and O–H groups in total. The van der Waals surface area contributed by atoms with Crippen LogP contribution in [0.2, 0.25) is 0 Å². The SMILES string of the molecule is CC(C)(C)OC(=O)C[C@H]1[C@@H](O)CN(C(=O)c2ccccc2)[C@]1(C)C(=O)O. The van der Waals surface area contributed by atoms with Crippen molar-refractivity contribution >= 4 is 17.8 Å². The molecular formula is C19H25NO6. The van der Waals surface area contributed by atoms with Crippen molar-refractivity contribution in [2.45, 2.75) is 51.4 Å². The number of aliphatic carboxylic acids is 1. The molecule has 0 bridgehead atoms. The van der Waals surface area contributed by atoms with Crippen LogP contribution in [0.3, 0.4) is 0 Å². The van der Waals surface area contributed by atoms with E-state index in [-0.39, 0.29) is 13.0 Å². The monoisotopic (exact) mass is 363 g/mol. The fourth-order valence-corrected chi connectivity index (χ4v) is 3.28. The van der Waals surface area contributed by atoms with Crippen LogP contribution in [-0.2, 0) is 14.3 Å². The molecule has 2 rings (SSSR count). The zero-order chi connectivity index (χ0) is 19.7. The van der Waals surface area contributed by atoms with E-state index in [0.717, 1.165) is 4.90 Å². The van der Waals surface area contributed by atoms with Crippen molar-refractivity contribution in [3.05, 3.63) is 35.9 Å². The number of hydrogen-bond donors (Lipinski definition) is 2. The van der Waals surface area contributed by atoms with Crippen molar-refractivity contribution in [1.82, 2.24) is 4.90 Å². The van der Waals surface area contributed by atoms with Gasteiger partial charge in [-0.2, -0.15) is 0 Å². The first-order valence-electron chi connectivity index (χ1n) is 8.47. The molecule has 0 aliphatic carbocycles. The van der Waals surface area contributed by atoms with E-state index in [0.29, 0.717) is 5.56 Å². The van der Waals surface area contributed by atoms with Gasteiger partial charge in [0.1, 0.15) is 11.1 Å². The van der Waals surface area contributed by atoms with Crippen molar-refractivity contribution in [2.24, 2.45) is 5.92 Å². The molecule has 3 atom stereocenters. The van der Waals surface area contributed by atoms with E-state index >= 15 is 0 Å². The number of carbonyl (C=O) groups is 3. The zero-order valence-electron chi connectivity index (χ0n) is 15.4. The van der Waals surface area contributed by atoms with Gasteiger partial charge in [0.05, 0.1) is 12.5 Å². The van der Waals surface area contributed by atoms with Gasteiger partial charge in [0, 0.05) is 18.0 Å². The summed E-state index contributed by atoms with van der Waals surface area (Å²) < 4.78 is 5.25. The molecule has 1 aliphatic rings. The number of esters is 1. The third-order valence-electron chi connectivity index (χ3n) is 4.62. The van der Waals surface area contributed by atoms with Crippen molar-refractivity contribution in [3.63, 3.8) is 0 Å². The lowest BCUT2D eigenvalue weighted by molar-refractivity contribution is -0.159. The first kappa shape index (κ1) is 19.9. The Balaban J connectivity index is 2.31. The molecule has 7 heteroatoms. The van der Waals surface area contributed by atoms with Crippen LogP contribution in [0.15, 0.2) is 30.3 Å². The van der Waals surface area contributed by atoms with Gasteiger partial charge in [-0.1, -0.05) is 18.2 Å². The van der Waals surface area contributed by atoms with E-state index in [1.54, 1.807) is 51.1 Å². The van der Waals surface area contributed by atoms with Crippen LogP contribution in [0.5, 0.6) is 0 Å². The number of hydrogen-bond acceptors (Lipinski definition) is 5. The quantitative estimate of drug-likeness (QED) is 0.789. The van der Waals surface area contributed by atoms with E-state index < -0.39 is 41.0 Å². The van der Waals surface area contributed by atoms with Crippen LogP contribution in [0.25, 0.3) is 0 Å². The summed E-state index contributed by atoms with van der Waals surface area (Å²) in [7, 11) is 0. The first-order valence-corrected chi connectivity index (χ1v) is 8.47. The smallest absolute Gasteiger partial charge is 0.329 e. The molecule has 26 heavy (non-hydrogen) atoms. The van der Waals surface area contributed by atoms with Crippen LogP contribution in [0.4, 0.5) is 0 Å². The normalized spacial score (nSPS) is 25.8. The van der Waals surface area contributed by atoms with E-state index in [2.05, 4.69) is 0 Å². The minimum absolute atomic E-state index is 0.163. The molecule has 142 valence electrons. The number of likely N-dealkylation sites (tertiary alicyclic amines) is 1. The van der Waals surface area contributed by atoms with Crippen LogP contribution in [0.1, 0.15) is 44.5 Å². The summed E-state index contributed by atoms with van der Waals surface area (Å²) in [4.78, 5) is 38.2. The van der Waals surface area contributed by atoms with Crippen molar-refractivity contribution in [1.29, 1.82) is 0 Å². The maximum atomic E-state index is 12.8. The van der Waals surface area contributed by atoms with E-state index in [1.807, 2.05) is 0 Å². The molecule has 1 aromatic rings. The third-order valence-corrected chi connectivity index (χ3v) is 4.62. The Kier molecular flexibility index (Phi) is 5.41. The Morgan fingerprint density at radius 3 is 2.31 bits per heavy atom. The fourth-order valence-electron chi connectivity index (χ4n) is 3.28. The summed E-state index contributed by atoms with van der Waals surface area (Å²) in [5.41, 5.74) is -2.12. The molecular weight excluding hydrogens is 338 g/mol. The number of rotatable bonds is 4. The maximum absolute atomic E-state index is 12.8. The van der Waals surface area contributed by atoms with E-state index in [1.165, 1.54) is 6.92 Å². The topological polar surface area (TPSA) is 104 Å². The number of nitrogens with zero attached hydrogens (tertiary/aromatic N) is 1. The first-order chi connectivity index (χ1) is 12.0. The molecule has 1 amide bonds. The molecule has 1 aromatic carbocycles. The highest BCUT2D eigenvalue weighted by Crippen LogP contribution is 2.39. The van der Waals surface area contributed by atoms with Gasteiger partial charge < -0.3 is 19.8 Å². The van der Waals surface area contributed by atoms with Crippen molar-refractivity contribution in [2.75, 3.05) is 6.54 Å². The lowest BCUT2D eigenvalue weighted by Gasteiger charge is -2.35. The number of benzene rings is 1.